The summed E-state index contributed by atoms with van der Waals surface area (Å²) in [4.78, 5) is 14.6. The highest BCUT2D eigenvalue weighted by atomic mass is 35.5. The van der Waals surface area contributed by atoms with Gasteiger partial charge in [-0.1, -0.05) is 61.8 Å². The summed E-state index contributed by atoms with van der Waals surface area (Å²) in [5.74, 6) is 0.123. The Labute approximate surface area is 167 Å². The van der Waals surface area contributed by atoms with E-state index in [4.69, 9.17) is 11.6 Å². The summed E-state index contributed by atoms with van der Waals surface area (Å²) in [7, 11) is 3.99. The van der Waals surface area contributed by atoms with E-state index in [0.717, 1.165) is 17.5 Å². The molecule has 146 valence electrons. The van der Waals surface area contributed by atoms with Gasteiger partial charge in [0.15, 0.2) is 0 Å². The van der Waals surface area contributed by atoms with E-state index in [1.807, 2.05) is 38.4 Å². The lowest BCUT2D eigenvalue weighted by Crippen LogP contribution is -2.42. The molecule has 0 saturated heterocycles. The molecule has 0 radical (unpaired) electrons. The third-order valence-electron chi connectivity index (χ3n) is 4.91. The first-order valence-corrected chi connectivity index (χ1v) is 9.53. The van der Waals surface area contributed by atoms with Crippen LogP contribution in [-0.4, -0.2) is 42.6 Å². The number of nitrogens with one attached hydrogen (secondary N) is 1. The van der Waals surface area contributed by atoms with Gasteiger partial charge in [0, 0.05) is 19.0 Å². The molecule has 0 aliphatic heterocycles. The molecule has 0 aromatic heterocycles. The molecule has 1 atom stereocenters. The summed E-state index contributed by atoms with van der Waals surface area (Å²) in [6, 6.07) is 15.5. The lowest BCUT2D eigenvalue weighted by atomic mass is 9.81. The predicted molar refractivity (Wildman–Crippen MR) is 111 cm³/mol. The Morgan fingerprint density at radius 1 is 1.19 bits per heavy atom. The highest BCUT2D eigenvalue weighted by Gasteiger charge is 2.24. The van der Waals surface area contributed by atoms with Crippen molar-refractivity contribution in [3.63, 3.8) is 0 Å². The summed E-state index contributed by atoms with van der Waals surface area (Å²) < 4.78 is 0. The zero-order chi connectivity index (χ0) is 20.0. The second kappa shape index (κ2) is 9.25. The molecule has 0 spiro atoms. The lowest BCUT2D eigenvalue weighted by molar-refractivity contribution is -0.122. The van der Waals surface area contributed by atoms with Crippen LogP contribution in [0.4, 0.5) is 0 Å². The first-order chi connectivity index (χ1) is 12.7. The van der Waals surface area contributed by atoms with Crippen LogP contribution in [0.1, 0.15) is 31.4 Å². The minimum Gasteiger partial charge on any atom is -0.506 e. The summed E-state index contributed by atoms with van der Waals surface area (Å²) in [5.41, 5.74) is 1.96. The molecule has 2 aromatic carbocycles. The highest BCUT2D eigenvalue weighted by molar-refractivity contribution is 6.32. The van der Waals surface area contributed by atoms with Crippen LogP contribution in [0.15, 0.2) is 48.5 Å². The summed E-state index contributed by atoms with van der Waals surface area (Å²) in [6.45, 7) is 4.72. The van der Waals surface area contributed by atoms with E-state index in [1.165, 1.54) is 0 Å². The molecule has 5 heteroatoms. The van der Waals surface area contributed by atoms with Crippen LogP contribution >= 0.6 is 11.6 Å². The number of halogens is 1. The van der Waals surface area contributed by atoms with Crippen molar-refractivity contribution < 1.29 is 9.90 Å². The number of hydrogen-bond donors (Lipinski definition) is 2. The summed E-state index contributed by atoms with van der Waals surface area (Å²) in [5, 5.41) is 13.0. The van der Waals surface area contributed by atoms with Crippen molar-refractivity contribution in [2.75, 3.05) is 20.6 Å². The second-order valence-electron chi connectivity index (χ2n) is 7.84. The molecule has 0 fully saturated rings. The zero-order valence-corrected chi connectivity index (χ0v) is 17.3. The fraction of sp³-hybridized carbons (Fsp3) is 0.409. The van der Waals surface area contributed by atoms with Crippen LogP contribution in [0.25, 0.3) is 0 Å². The maximum absolute atomic E-state index is 12.5. The molecule has 0 aliphatic rings. The quantitative estimate of drug-likeness (QED) is 0.718. The number of hydrogen-bond acceptors (Lipinski definition) is 3. The summed E-state index contributed by atoms with van der Waals surface area (Å²) >= 11 is 6.00. The highest BCUT2D eigenvalue weighted by Crippen LogP contribution is 2.27. The number of nitrogens with zero attached hydrogens (tertiary/aromatic N) is 1. The molecule has 0 heterocycles. The van der Waals surface area contributed by atoms with E-state index in [9.17, 15) is 9.90 Å². The Morgan fingerprint density at radius 3 is 2.44 bits per heavy atom. The topological polar surface area (TPSA) is 52.6 Å². The van der Waals surface area contributed by atoms with Gasteiger partial charge in [-0.15, -0.1) is 0 Å². The van der Waals surface area contributed by atoms with Crippen molar-refractivity contribution in [3.8, 4) is 5.75 Å². The van der Waals surface area contributed by atoms with Gasteiger partial charge in [0.1, 0.15) is 5.75 Å². The lowest BCUT2D eigenvalue weighted by Gasteiger charge is -2.27. The molecular formula is C22H29ClN2O2. The van der Waals surface area contributed by atoms with Crippen LogP contribution in [0.3, 0.4) is 0 Å². The Morgan fingerprint density at radius 2 is 1.85 bits per heavy atom. The van der Waals surface area contributed by atoms with Crippen LogP contribution in [-0.2, 0) is 16.6 Å². The largest absolute Gasteiger partial charge is 0.506 e. The van der Waals surface area contributed by atoms with Gasteiger partial charge in [-0.3, -0.25) is 4.79 Å². The molecule has 1 amide bonds. The average molecular weight is 389 g/mol. The number of aromatic hydroxyl groups is 1. The van der Waals surface area contributed by atoms with Gasteiger partial charge in [0.05, 0.1) is 5.02 Å². The molecule has 0 saturated carbocycles. The number of likely N-dealkylation sites (N-methyl/N-ethyl adjacent to an activating group) is 1. The minimum absolute atomic E-state index is 0.0411. The molecule has 0 aliphatic carbocycles. The van der Waals surface area contributed by atoms with E-state index in [-0.39, 0.29) is 23.1 Å². The third kappa shape index (κ3) is 6.26. The Kier molecular flexibility index (Phi) is 7.28. The van der Waals surface area contributed by atoms with E-state index < -0.39 is 0 Å². The molecule has 2 aromatic rings. The van der Waals surface area contributed by atoms with Gasteiger partial charge < -0.3 is 15.3 Å². The van der Waals surface area contributed by atoms with Crippen molar-refractivity contribution in [2.45, 2.75) is 38.1 Å². The average Bonchev–Trinajstić information content (AvgIpc) is 2.61. The SMILES string of the molecule is CN(C)[C@H](CNC(=O)CC(C)(C)c1ccccc1)Cc1ccc(O)c(Cl)c1. The Bertz CT molecular complexity index is 760. The molecule has 27 heavy (non-hydrogen) atoms. The fourth-order valence-corrected chi connectivity index (χ4v) is 3.28. The number of phenolic OH excluding ortho intramolecular Hbond substituents is 1. The predicted octanol–water partition coefficient (Wildman–Crippen LogP) is 4.00. The normalized spacial score (nSPS) is 12.8. The van der Waals surface area contributed by atoms with Crippen LogP contribution in [0, 0.1) is 0 Å². The van der Waals surface area contributed by atoms with Crippen molar-refractivity contribution in [1.29, 1.82) is 0 Å². The van der Waals surface area contributed by atoms with E-state index >= 15 is 0 Å². The molecule has 2 N–H and O–H groups in total. The number of benzene rings is 2. The van der Waals surface area contributed by atoms with Gasteiger partial charge in [-0.25, -0.2) is 0 Å². The maximum Gasteiger partial charge on any atom is 0.220 e. The van der Waals surface area contributed by atoms with Crippen LogP contribution in [0.2, 0.25) is 5.02 Å². The van der Waals surface area contributed by atoms with Crippen molar-refractivity contribution in [2.24, 2.45) is 0 Å². The monoisotopic (exact) mass is 388 g/mol. The molecule has 2 rings (SSSR count). The summed E-state index contributed by atoms with van der Waals surface area (Å²) in [6.07, 6.45) is 1.16. The zero-order valence-electron chi connectivity index (χ0n) is 16.5. The Balaban J connectivity index is 1.95. The van der Waals surface area contributed by atoms with Crippen molar-refractivity contribution >= 4 is 17.5 Å². The number of carbonyl (C=O) groups is 1. The maximum atomic E-state index is 12.5. The number of phenols is 1. The van der Waals surface area contributed by atoms with Crippen molar-refractivity contribution in [3.05, 3.63) is 64.7 Å². The van der Waals surface area contributed by atoms with E-state index in [2.05, 4.69) is 36.2 Å². The first kappa shape index (κ1) is 21.3. The molecular weight excluding hydrogens is 360 g/mol. The van der Waals surface area contributed by atoms with E-state index in [0.29, 0.717) is 18.0 Å². The Hall–Kier alpha value is -2.04. The molecule has 0 bridgehead atoms. The van der Waals surface area contributed by atoms with Crippen LogP contribution < -0.4 is 5.32 Å². The number of rotatable bonds is 8. The third-order valence-corrected chi connectivity index (χ3v) is 5.21. The smallest absolute Gasteiger partial charge is 0.220 e. The van der Waals surface area contributed by atoms with Gasteiger partial charge in [0.25, 0.3) is 0 Å². The number of amides is 1. The molecule has 0 unspecified atom stereocenters. The fourth-order valence-electron chi connectivity index (χ4n) is 3.07. The van der Waals surface area contributed by atoms with Crippen LogP contribution in [0.5, 0.6) is 5.75 Å². The van der Waals surface area contributed by atoms with E-state index in [1.54, 1.807) is 12.1 Å². The first-order valence-electron chi connectivity index (χ1n) is 9.15. The van der Waals surface area contributed by atoms with Gasteiger partial charge in [-0.2, -0.15) is 0 Å². The van der Waals surface area contributed by atoms with Gasteiger partial charge in [-0.05, 0) is 49.2 Å². The van der Waals surface area contributed by atoms with Crippen molar-refractivity contribution in [1.82, 2.24) is 10.2 Å². The molecule has 4 nitrogen and oxygen atoms in total. The minimum atomic E-state index is -0.219. The van der Waals surface area contributed by atoms with Gasteiger partial charge in [0.2, 0.25) is 5.91 Å². The second-order valence-corrected chi connectivity index (χ2v) is 8.25. The van der Waals surface area contributed by atoms with Gasteiger partial charge >= 0.3 is 0 Å². The number of carbonyl (C=O) groups excluding carboxylic acids is 1. The standard InChI is InChI=1S/C22H29ClN2O2/c1-22(2,17-8-6-5-7-9-17)14-21(27)24-15-18(25(3)4)12-16-10-11-20(26)19(23)13-16/h5-11,13,18,26H,12,14-15H2,1-4H3,(H,24,27)/t18-/m0/s1.